The average Bonchev–Trinajstić information content (AvgIpc) is 3.01. The van der Waals surface area contributed by atoms with Gasteiger partial charge in [0.1, 0.15) is 0 Å². The van der Waals surface area contributed by atoms with E-state index >= 15 is 0 Å². The lowest BCUT2D eigenvalue weighted by Gasteiger charge is -2.21. The third kappa shape index (κ3) is 5.56. The summed E-state index contributed by atoms with van der Waals surface area (Å²) in [6.07, 6.45) is 0. The molecule has 1 aromatic heterocycles. The largest absolute Gasteiger partial charge is 0.462 e. The van der Waals surface area contributed by atoms with Gasteiger partial charge in [0.2, 0.25) is 0 Å². The highest BCUT2D eigenvalue weighted by Gasteiger charge is 2.09. The van der Waals surface area contributed by atoms with Gasteiger partial charge in [0.15, 0.2) is 5.96 Å². The van der Waals surface area contributed by atoms with Gasteiger partial charge < -0.3 is 15.0 Å². The molecule has 0 saturated heterocycles. The second-order valence-corrected chi connectivity index (χ2v) is 6.59. The van der Waals surface area contributed by atoms with Crippen LogP contribution in [0.25, 0.3) is 0 Å². The number of hydrogen-bond acceptors (Lipinski definition) is 5. The molecule has 6 nitrogen and oxygen atoms in total. The molecule has 0 atom stereocenters. The van der Waals surface area contributed by atoms with Gasteiger partial charge in [0.25, 0.3) is 0 Å². The molecular formula is C18H24N4O2S. The number of rotatable bonds is 6. The fraction of sp³-hybridized carbons (Fsp3) is 0.389. The van der Waals surface area contributed by atoms with Gasteiger partial charge in [-0.1, -0.05) is 12.1 Å². The number of thiazole rings is 1. The highest BCUT2D eigenvalue weighted by atomic mass is 32.1. The van der Waals surface area contributed by atoms with Crippen molar-refractivity contribution in [1.82, 2.24) is 15.2 Å². The summed E-state index contributed by atoms with van der Waals surface area (Å²) in [4.78, 5) is 22.5. The average molecular weight is 360 g/mol. The van der Waals surface area contributed by atoms with E-state index in [-0.39, 0.29) is 5.97 Å². The van der Waals surface area contributed by atoms with Crippen LogP contribution in [0.5, 0.6) is 0 Å². The second kappa shape index (κ2) is 9.17. The minimum atomic E-state index is -0.295. The van der Waals surface area contributed by atoms with Crippen LogP contribution in [0.1, 0.15) is 33.5 Å². The van der Waals surface area contributed by atoms with Crippen LogP contribution < -0.4 is 5.32 Å². The summed E-state index contributed by atoms with van der Waals surface area (Å²) in [5.74, 6) is 0.497. The van der Waals surface area contributed by atoms with Crippen molar-refractivity contribution >= 4 is 23.3 Å². The van der Waals surface area contributed by atoms with Gasteiger partial charge >= 0.3 is 5.97 Å². The van der Waals surface area contributed by atoms with E-state index in [0.29, 0.717) is 25.3 Å². The number of ether oxygens (including phenoxy) is 1. The Morgan fingerprint density at radius 3 is 2.64 bits per heavy atom. The number of nitrogens with zero attached hydrogens (tertiary/aromatic N) is 3. The van der Waals surface area contributed by atoms with E-state index in [1.165, 1.54) is 0 Å². The van der Waals surface area contributed by atoms with E-state index in [1.807, 2.05) is 31.0 Å². The number of carbonyl (C=O) groups excluding carboxylic acids is 1. The van der Waals surface area contributed by atoms with Crippen LogP contribution in [0.15, 0.2) is 34.6 Å². The predicted molar refractivity (Wildman–Crippen MR) is 101 cm³/mol. The number of carbonyl (C=O) groups is 1. The summed E-state index contributed by atoms with van der Waals surface area (Å²) in [7, 11) is 3.74. The first-order valence-corrected chi connectivity index (χ1v) is 9.00. The Hall–Kier alpha value is -2.41. The first-order chi connectivity index (χ1) is 12.0. The van der Waals surface area contributed by atoms with E-state index in [0.717, 1.165) is 22.2 Å². The Bertz CT molecular complexity index is 725. The molecule has 2 rings (SSSR count). The Balaban J connectivity index is 1.90. The van der Waals surface area contributed by atoms with Gasteiger partial charge in [-0.15, -0.1) is 11.3 Å². The minimum absolute atomic E-state index is 0.295. The number of hydrogen-bond donors (Lipinski definition) is 1. The van der Waals surface area contributed by atoms with Crippen molar-refractivity contribution in [3.8, 4) is 0 Å². The summed E-state index contributed by atoms with van der Waals surface area (Å²) >= 11 is 1.65. The van der Waals surface area contributed by atoms with Crippen LogP contribution in [0.3, 0.4) is 0 Å². The summed E-state index contributed by atoms with van der Waals surface area (Å²) in [6.45, 7) is 5.50. The second-order valence-electron chi connectivity index (χ2n) is 5.53. The zero-order chi connectivity index (χ0) is 18.2. The molecule has 0 spiro atoms. The Morgan fingerprint density at radius 2 is 2.08 bits per heavy atom. The minimum Gasteiger partial charge on any atom is -0.462 e. The van der Waals surface area contributed by atoms with Crippen molar-refractivity contribution in [2.45, 2.75) is 26.9 Å². The first-order valence-electron chi connectivity index (χ1n) is 8.12. The molecule has 7 heteroatoms. The molecule has 0 radical (unpaired) electrons. The molecule has 2 aromatic rings. The van der Waals surface area contributed by atoms with Crippen LogP contribution in [0.2, 0.25) is 0 Å². The van der Waals surface area contributed by atoms with Crippen LogP contribution in [-0.2, 0) is 17.8 Å². The fourth-order valence-electron chi connectivity index (χ4n) is 2.34. The number of guanidine groups is 1. The zero-order valence-electron chi connectivity index (χ0n) is 15.1. The van der Waals surface area contributed by atoms with E-state index < -0.39 is 0 Å². The van der Waals surface area contributed by atoms with E-state index in [4.69, 9.17) is 4.74 Å². The maximum atomic E-state index is 11.7. The van der Waals surface area contributed by atoms with Crippen molar-refractivity contribution in [2.24, 2.45) is 4.99 Å². The van der Waals surface area contributed by atoms with Crippen molar-refractivity contribution in [3.63, 3.8) is 0 Å². The fourth-order valence-corrected chi connectivity index (χ4v) is 2.94. The van der Waals surface area contributed by atoms with Crippen molar-refractivity contribution in [3.05, 3.63) is 51.5 Å². The van der Waals surface area contributed by atoms with Gasteiger partial charge in [0, 0.05) is 26.0 Å². The van der Waals surface area contributed by atoms with E-state index in [9.17, 15) is 4.79 Å². The number of esters is 1. The molecule has 0 amide bonds. The Kier molecular flexibility index (Phi) is 6.94. The number of aryl methyl sites for hydroxylation is 1. The van der Waals surface area contributed by atoms with Crippen molar-refractivity contribution in [1.29, 1.82) is 0 Å². The third-order valence-electron chi connectivity index (χ3n) is 3.55. The molecule has 0 bridgehead atoms. The Labute approximate surface area is 152 Å². The standard InChI is InChI=1S/C18H24N4O2S/c1-5-24-17(23)15-8-6-14(7-9-15)10-20-18(19-3)22(4)11-16-12-25-13(2)21-16/h6-9,12H,5,10-11H2,1-4H3,(H,19,20). The SMILES string of the molecule is CCOC(=O)c1ccc(CNC(=NC)N(C)Cc2csc(C)n2)cc1. The maximum absolute atomic E-state index is 11.7. The normalized spacial score (nSPS) is 11.3. The van der Waals surface area contributed by atoms with Crippen LogP contribution >= 0.6 is 11.3 Å². The van der Waals surface area contributed by atoms with E-state index in [2.05, 4.69) is 20.7 Å². The van der Waals surface area contributed by atoms with Gasteiger partial charge in [-0.3, -0.25) is 4.99 Å². The Morgan fingerprint density at radius 1 is 1.36 bits per heavy atom. The van der Waals surface area contributed by atoms with Crippen LogP contribution in [0.4, 0.5) is 0 Å². The highest BCUT2D eigenvalue weighted by Crippen LogP contribution is 2.10. The molecule has 134 valence electrons. The smallest absolute Gasteiger partial charge is 0.338 e. The topological polar surface area (TPSA) is 66.8 Å². The summed E-state index contributed by atoms with van der Waals surface area (Å²) in [5, 5.41) is 6.45. The highest BCUT2D eigenvalue weighted by molar-refractivity contribution is 7.09. The van der Waals surface area contributed by atoms with E-state index in [1.54, 1.807) is 37.4 Å². The molecule has 1 aromatic carbocycles. The van der Waals surface area contributed by atoms with Gasteiger partial charge in [-0.25, -0.2) is 9.78 Å². The van der Waals surface area contributed by atoms with Gasteiger partial charge in [-0.2, -0.15) is 0 Å². The molecule has 0 aliphatic heterocycles. The lowest BCUT2D eigenvalue weighted by Crippen LogP contribution is -2.38. The molecule has 0 fully saturated rings. The quantitative estimate of drug-likeness (QED) is 0.487. The molecule has 0 aliphatic rings. The number of aromatic nitrogens is 1. The number of benzene rings is 1. The molecule has 1 N–H and O–H groups in total. The van der Waals surface area contributed by atoms with Gasteiger partial charge in [-0.05, 0) is 31.5 Å². The molecule has 25 heavy (non-hydrogen) atoms. The molecule has 0 unspecified atom stereocenters. The monoisotopic (exact) mass is 360 g/mol. The summed E-state index contributed by atoms with van der Waals surface area (Å²) < 4.78 is 4.99. The van der Waals surface area contributed by atoms with Crippen molar-refractivity contribution in [2.75, 3.05) is 20.7 Å². The molecular weight excluding hydrogens is 336 g/mol. The molecule has 0 saturated carbocycles. The molecule has 0 aliphatic carbocycles. The lowest BCUT2D eigenvalue weighted by atomic mass is 10.1. The maximum Gasteiger partial charge on any atom is 0.338 e. The number of nitrogens with one attached hydrogen (secondary N) is 1. The third-order valence-corrected chi connectivity index (χ3v) is 4.38. The lowest BCUT2D eigenvalue weighted by molar-refractivity contribution is 0.0526. The summed E-state index contributed by atoms with van der Waals surface area (Å²) in [6, 6.07) is 7.38. The summed E-state index contributed by atoms with van der Waals surface area (Å²) in [5.41, 5.74) is 2.66. The molecule has 1 heterocycles. The number of aliphatic imine (C=N–C) groups is 1. The van der Waals surface area contributed by atoms with Crippen LogP contribution in [-0.4, -0.2) is 42.5 Å². The van der Waals surface area contributed by atoms with Gasteiger partial charge in [0.05, 0.1) is 29.4 Å². The predicted octanol–water partition coefficient (Wildman–Crippen LogP) is 2.84. The van der Waals surface area contributed by atoms with Crippen molar-refractivity contribution < 1.29 is 9.53 Å². The van der Waals surface area contributed by atoms with Crippen LogP contribution in [0, 0.1) is 6.92 Å². The zero-order valence-corrected chi connectivity index (χ0v) is 15.9. The first kappa shape index (κ1) is 18.9.